The minimum Gasteiger partial charge on any atom is -0.444 e. The summed E-state index contributed by atoms with van der Waals surface area (Å²) in [6.45, 7) is 6.09. The molecule has 1 rings (SSSR count). The smallest absolute Gasteiger partial charge is 0.407 e. The van der Waals surface area contributed by atoms with Crippen LogP contribution in [0.3, 0.4) is 0 Å². The van der Waals surface area contributed by atoms with Crippen LogP contribution in [0.15, 0.2) is 29.4 Å². The second-order valence-electron chi connectivity index (χ2n) is 6.01. The maximum atomic E-state index is 11.6. The van der Waals surface area contributed by atoms with E-state index in [0.29, 0.717) is 6.54 Å². The van der Waals surface area contributed by atoms with Crippen LogP contribution < -0.4 is 16.6 Å². The minimum atomic E-state index is -0.517. The van der Waals surface area contributed by atoms with Crippen molar-refractivity contribution < 1.29 is 19.2 Å². The number of carbonyl (C=O) groups excluding carboxylic acids is 2. The van der Waals surface area contributed by atoms with Crippen LogP contribution in [0.1, 0.15) is 38.3 Å². The van der Waals surface area contributed by atoms with Crippen LogP contribution in [-0.2, 0) is 27.5 Å². The highest BCUT2D eigenvalue weighted by Crippen LogP contribution is 2.08. The van der Waals surface area contributed by atoms with Crippen molar-refractivity contribution in [3.05, 3.63) is 35.4 Å². The molecule has 0 radical (unpaired) electrons. The number of hydrazine groups is 1. The van der Waals surface area contributed by atoms with Crippen molar-refractivity contribution >= 4 is 18.2 Å². The van der Waals surface area contributed by atoms with Gasteiger partial charge in [-0.2, -0.15) is 0 Å². The Morgan fingerprint density at radius 1 is 1.21 bits per heavy atom. The third-order valence-electron chi connectivity index (χ3n) is 2.68. The molecule has 0 aliphatic rings. The molecule has 0 aliphatic carbocycles. The SMILES string of the molecule is CC(C)(C)OC(=O)NCc1ccc(CO/N=C/CC(=O)NN)cc1. The van der Waals surface area contributed by atoms with E-state index < -0.39 is 11.7 Å². The highest BCUT2D eigenvalue weighted by molar-refractivity contribution is 5.89. The van der Waals surface area contributed by atoms with Crippen molar-refractivity contribution in [2.45, 2.75) is 45.9 Å². The van der Waals surface area contributed by atoms with Gasteiger partial charge in [0.05, 0.1) is 12.6 Å². The monoisotopic (exact) mass is 336 g/mol. The Labute approximate surface area is 141 Å². The van der Waals surface area contributed by atoms with E-state index in [-0.39, 0.29) is 18.9 Å². The van der Waals surface area contributed by atoms with Crippen molar-refractivity contribution in [1.82, 2.24) is 10.7 Å². The average Bonchev–Trinajstić information content (AvgIpc) is 2.52. The Kier molecular flexibility index (Phi) is 7.70. The predicted octanol–water partition coefficient (Wildman–Crippen LogP) is 1.59. The van der Waals surface area contributed by atoms with Crippen LogP contribution in [0.4, 0.5) is 4.79 Å². The number of benzene rings is 1. The van der Waals surface area contributed by atoms with E-state index >= 15 is 0 Å². The molecule has 0 saturated heterocycles. The van der Waals surface area contributed by atoms with E-state index in [0.717, 1.165) is 11.1 Å². The molecule has 132 valence electrons. The van der Waals surface area contributed by atoms with Crippen molar-refractivity contribution in [2.75, 3.05) is 0 Å². The summed E-state index contributed by atoms with van der Waals surface area (Å²) in [6.07, 6.45) is 0.943. The zero-order chi connectivity index (χ0) is 18.0. The van der Waals surface area contributed by atoms with E-state index in [1.165, 1.54) is 6.21 Å². The van der Waals surface area contributed by atoms with Gasteiger partial charge in [0.1, 0.15) is 12.2 Å². The first-order chi connectivity index (χ1) is 11.3. The molecule has 0 heterocycles. The number of alkyl carbamates (subject to hydrolysis) is 1. The fourth-order valence-electron chi connectivity index (χ4n) is 1.59. The molecule has 0 aromatic heterocycles. The Hall–Kier alpha value is -2.61. The van der Waals surface area contributed by atoms with Gasteiger partial charge in [-0.05, 0) is 31.9 Å². The number of carbonyl (C=O) groups is 2. The molecule has 0 unspecified atom stereocenters. The topological polar surface area (TPSA) is 115 Å². The molecule has 4 N–H and O–H groups in total. The number of hydrogen-bond donors (Lipinski definition) is 3. The van der Waals surface area contributed by atoms with Crippen LogP contribution in [0.5, 0.6) is 0 Å². The van der Waals surface area contributed by atoms with Crippen LogP contribution in [0.25, 0.3) is 0 Å². The van der Waals surface area contributed by atoms with Crippen LogP contribution in [0, 0.1) is 0 Å². The summed E-state index contributed by atoms with van der Waals surface area (Å²) in [4.78, 5) is 27.5. The zero-order valence-electron chi connectivity index (χ0n) is 14.2. The van der Waals surface area contributed by atoms with Gasteiger partial charge in [0.25, 0.3) is 0 Å². The summed E-state index contributed by atoms with van der Waals surface area (Å²) in [6, 6.07) is 7.49. The summed E-state index contributed by atoms with van der Waals surface area (Å²) in [5, 5.41) is 6.34. The number of amides is 2. The van der Waals surface area contributed by atoms with E-state index in [2.05, 4.69) is 10.5 Å². The van der Waals surface area contributed by atoms with Gasteiger partial charge in [-0.1, -0.05) is 29.4 Å². The molecule has 24 heavy (non-hydrogen) atoms. The van der Waals surface area contributed by atoms with Crippen LogP contribution >= 0.6 is 0 Å². The predicted molar refractivity (Wildman–Crippen MR) is 89.7 cm³/mol. The molecule has 0 spiro atoms. The quantitative estimate of drug-likeness (QED) is 0.303. The van der Waals surface area contributed by atoms with Gasteiger partial charge in [-0.3, -0.25) is 10.2 Å². The second-order valence-corrected chi connectivity index (χ2v) is 6.01. The van der Waals surface area contributed by atoms with Gasteiger partial charge < -0.3 is 14.9 Å². The number of nitrogens with zero attached hydrogens (tertiary/aromatic N) is 1. The fraction of sp³-hybridized carbons (Fsp3) is 0.438. The van der Waals surface area contributed by atoms with Crippen molar-refractivity contribution in [1.29, 1.82) is 0 Å². The van der Waals surface area contributed by atoms with E-state index in [1.807, 2.05) is 50.5 Å². The zero-order valence-corrected chi connectivity index (χ0v) is 14.2. The van der Waals surface area contributed by atoms with Gasteiger partial charge in [0, 0.05) is 6.54 Å². The molecule has 0 bridgehead atoms. The Bertz CT molecular complexity index is 564. The number of hydrogen-bond acceptors (Lipinski definition) is 6. The molecule has 8 heteroatoms. The largest absolute Gasteiger partial charge is 0.444 e. The second kappa shape index (κ2) is 9.51. The molecule has 0 saturated carbocycles. The Morgan fingerprint density at radius 2 is 1.83 bits per heavy atom. The van der Waals surface area contributed by atoms with E-state index in [1.54, 1.807) is 0 Å². The molecular formula is C16H24N4O4. The van der Waals surface area contributed by atoms with E-state index in [9.17, 15) is 9.59 Å². The normalized spacial score (nSPS) is 11.2. The van der Waals surface area contributed by atoms with Crippen LogP contribution in [-0.4, -0.2) is 23.8 Å². The highest BCUT2D eigenvalue weighted by Gasteiger charge is 2.15. The summed E-state index contributed by atoms with van der Waals surface area (Å²) in [5.74, 6) is 4.59. The summed E-state index contributed by atoms with van der Waals surface area (Å²) in [7, 11) is 0. The lowest BCUT2D eigenvalue weighted by molar-refractivity contribution is -0.119. The average molecular weight is 336 g/mol. The number of oxime groups is 1. The fourth-order valence-corrected chi connectivity index (χ4v) is 1.59. The number of ether oxygens (including phenoxy) is 1. The third-order valence-corrected chi connectivity index (χ3v) is 2.68. The van der Waals surface area contributed by atoms with Gasteiger partial charge in [0.15, 0.2) is 0 Å². The molecule has 0 fully saturated rings. The van der Waals surface area contributed by atoms with Crippen molar-refractivity contribution in [3.63, 3.8) is 0 Å². The molecule has 0 aliphatic heterocycles. The number of nitrogens with two attached hydrogens (primary N) is 1. The summed E-state index contributed by atoms with van der Waals surface area (Å²) >= 11 is 0. The van der Waals surface area contributed by atoms with Gasteiger partial charge in [-0.25, -0.2) is 10.6 Å². The van der Waals surface area contributed by atoms with E-state index in [4.69, 9.17) is 15.4 Å². The Balaban J connectivity index is 2.33. The van der Waals surface area contributed by atoms with Crippen molar-refractivity contribution in [3.8, 4) is 0 Å². The van der Waals surface area contributed by atoms with Gasteiger partial charge in [-0.15, -0.1) is 0 Å². The first-order valence-electron chi connectivity index (χ1n) is 7.48. The highest BCUT2D eigenvalue weighted by atomic mass is 16.6. The summed E-state index contributed by atoms with van der Waals surface area (Å²) < 4.78 is 5.16. The first-order valence-corrected chi connectivity index (χ1v) is 7.48. The lowest BCUT2D eigenvalue weighted by Crippen LogP contribution is -2.32. The maximum Gasteiger partial charge on any atom is 0.407 e. The maximum absolute atomic E-state index is 11.6. The molecular weight excluding hydrogens is 312 g/mol. The minimum absolute atomic E-state index is 0.0613. The van der Waals surface area contributed by atoms with Gasteiger partial charge >= 0.3 is 6.09 Å². The van der Waals surface area contributed by atoms with Crippen LogP contribution in [0.2, 0.25) is 0 Å². The number of rotatable bonds is 7. The standard InChI is InChI=1S/C16H24N4O4/c1-16(2,3)24-15(22)18-10-12-4-6-13(7-5-12)11-23-19-9-8-14(21)20-17/h4-7,9H,8,10-11,17H2,1-3H3,(H,18,22)(H,20,21)/b19-9+. The lowest BCUT2D eigenvalue weighted by Gasteiger charge is -2.19. The molecule has 2 amide bonds. The molecule has 0 atom stereocenters. The van der Waals surface area contributed by atoms with Gasteiger partial charge in [0.2, 0.25) is 5.91 Å². The first kappa shape index (κ1) is 19.4. The Morgan fingerprint density at radius 3 is 2.42 bits per heavy atom. The number of nitrogens with one attached hydrogen (secondary N) is 2. The molecule has 8 nitrogen and oxygen atoms in total. The third kappa shape index (κ3) is 8.74. The van der Waals surface area contributed by atoms with Crippen molar-refractivity contribution in [2.24, 2.45) is 11.0 Å². The lowest BCUT2D eigenvalue weighted by atomic mass is 10.1. The molecule has 1 aromatic rings. The molecule has 1 aromatic carbocycles. The summed E-state index contributed by atoms with van der Waals surface area (Å²) in [5.41, 5.74) is 3.32.